The Hall–Kier alpha value is -2.11. The van der Waals surface area contributed by atoms with Crippen LogP contribution in [0.15, 0.2) is 18.2 Å². The van der Waals surface area contributed by atoms with Gasteiger partial charge in [0.15, 0.2) is 11.5 Å². The summed E-state index contributed by atoms with van der Waals surface area (Å²) in [5, 5.41) is 13.7. The topological polar surface area (TPSA) is 72.9 Å². The number of para-hydroxylation sites is 1. The first-order valence-corrected chi connectivity index (χ1v) is 4.57. The summed E-state index contributed by atoms with van der Waals surface area (Å²) in [7, 11) is 0. The standard InChI is InChI=1S/C9H8N4O2/c1-2-6(9-10-12-13-11-9)8-7(3-1)14-4-5-15-8/h1-3H,4-5H2,(H,10,11,12,13). The fourth-order valence-electron chi connectivity index (χ4n) is 1.53. The van der Waals surface area contributed by atoms with Crippen molar-refractivity contribution in [3.63, 3.8) is 0 Å². The first kappa shape index (κ1) is 8.22. The average molecular weight is 204 g/mol. The summed E-state index contributed by atoms with van der Waals surface area (Å²) in [6.45, 7) is 1.12. The van der Waals surface area contributed by atoms with Crippen LogP contribution in [0.3, 0.4) is 0 Å². The van der Waals surface area contributed by atoms with Gasteiger partial charge in [-0.1, -0.05) is 6.07 Å². The van der Waals surface area contributed by atoms with E-state index in [1.165, 1.54) is 0 Å². The number of rotatable bonds is 1. The Morgan fingerprint density at radius 2 is 2.13 bits per heavy atom. The predicted molar refractivity (Wildman–Crippen MR) is 50.6 cm³/mol. The van der Waals surface area contributed by atoms with Crippen molar-refractivity contribution in [3.05, 3.63) is 18.2 Å². The maximum atomic E-state index is 5.53. The lowest BCUT2D eigenvalue weighted by atomic mass is 10.1. The number of fused-ring (bicyclic) bond motifs is 1. The van der Waals surface area contributed by atoms with E-state index >= 15 is 0 Å². The molecule has 0 radical (unpaired) electrons. The number of nitrogens with zero attached hydrogens (tertiary/aromatic N) is 3. The van der Waals surface area contributed by atoms with E-state index in [0.717, 1.165) is 11.3 Å². The van der Waals surface area contributed by atoms with Crippen LogP contribution in [0.5, 0.6) is 11.5 Å². The van der Waals surface area contributed by atoms with Crippen LogP contribution in [-0.4, -0.2) is 33.8 Å². The van der Waals surface area contributed by atoms with Crippen molar-refractivity contribution in [1.29, 1.82) is 0 Å². The fraction of sp³-hybridized carbons (Fsp3) is 0.222. The SMILES string of the molecule is c1cc2c(c(-c3nn[nH]n3)c1)OCCO2. The van der Waals surface area contributed by atoms with Crippen molar-refractivity contribution in [3.8, 4) is 22.9 Å². The van der Waals surface area contributed by atoms with E-state index in [9.17, 15) is 0 Å². The highest BCUT2D eigenvalue weighted by Crippen LogP contribution is 2.37. The first-order chi connectivity index (χ1) is 7.45. The van der Waals surface area contributed by atoms with Gasteiger partial charge in [0.25, 0.3) is 0 Å². The first-order valence-electron chi connectivity index (χ1n) is 4.57. The molecule has 0 amide bonds. The highest BCUT2D eigenvalue weighted by Gasteiger charge is 2.18. The summed E-state index contributed by atoms with van der Waals surface area (Å²) in [5.74, 6) is 1.92. The third-order valence-electron chi connectivity index (χ3n) is 2.15. The van der Waals surface area contributed by atoms with Crippen LogP contribution in [-0.2, 0) is 0 Å². The molecule has 2 heterocycles. The zero-order valence-electron chi connectivity index (χ0n) is 7.80. The van der Waals surface area contributed by atoms with Crippen LogP contribution in [0.4, 0.5) is 0 Å². The Morgan fingerprint density at radius 1 is 1.20 bits per heavy atom. The molecule has 0 saturated carbocycles. The van der Waals surface area contributed by atoms with Gasteiger partial charge in [-0.2, -0.15) is 5.21 Å². The highest BCUT2D eigenvalue weighted by atomic mass is 16.6. The Bertz CT molecular complexity index is 469. The number of hydrogen-bond donors (Lipinski definition) is 1. The summed E-state index contributed by atoms with van der Waals surface area (Å²) < 4.78 is 11.0. The predicted octanol–water partition coefficient (Wildman–Crippen LogP) is 0.638. The zero-order valence-corrected chi connectivity index (χ0v) is 7.80. The molecular formula is C9H8N4O2. The van der Waals surface area contributed by atoms with Gasteiger partial charge >= 0.3 is 0 Å². The van der Waals surface area contributed by atoms with Crippen molar-refractivity contribution in [2.75, 3.05) is 13.2 Å². The minimum Gasteiger partial charge on any atom is -0.486 e. The molecule has 0 saturated heterocycles. The number of tetrazole rings is 1. The van der Waals surface area contributed by atoms with Gasteiger partial charge < -0.3 is 9.47 Å². The maximum Gasteiger partial charge on any atom is 0.208 e. The molecule has 0 unspecified atom stereocenters. The molecule has 0 aliphatic carbocycles. The average Bonchev–Trinajstić information content (AvgIpc) is 2.82. The molecular weight excluding hydrogens is 196 g/mol. The van der Waals surface area contributed by atoms with E-state index in [2.05, 4.69) is 20.6 Å². The van der Waals surface area contributed by atoms with Gasteiger partial charge in [-0.25, -0.2) is 0 Å². The monoisotopic (exact) mass is 204 g/mol. The van der Waals surface area contributed by atoms with E-state index in [1.807, 2.05) is 18.2 Å². The normalized spacial score (nSPS) is 13.9. The molecule has 15 heavy (non-hydrogen) atoms. The Morgan fingerprint density at radius 3 is 3.00 bits per heavy atom. The van der Waals surface area contributed by atoms with Crippen LogP contribution in [0.25, 0.3) is 11.4 Å². The molecule has 3 rings (SSSR count). The van der Waals surface area contributed by atoms with Crippen molar-refractivity contribution in [2.45, 2.75) is 0 Å². The quantitative estimate of drug-likeness (QED) is 0.737. The molecule has 1 aromatic heterocycles. The molecule has 1 aliphatic rings. The lowest BCUT2D eigenvalue weighted by Crippen LogP contribution is -2.15. The number of ether oxygens (including phenoxy) is 2. The van der Waals surface area contributed by atoms with Crippen LogP contribution >= 0.6 is 0 Å². The highest BCUT2D eigenvalue weighted by molar-refractivity contribution is 5.68. The molecule has 0 spiro atoms. The van der Waals surface area contributed by atoms with Gasteiger partial charge in [-0.05, 0) is 17.3 Å². The molecule has 1 aromatic carbocycles. The van der Waals surface area contributed by atoms with E-state index in [-0.39, 0.29) is 0 Å². The largest absolute Gasteiger partial charge is 0.486 e. The summed E-state index contributed by atoms with van der Waals surface area (Å²) in [4.78, 5) is 0. The molecule has 1 N–H and O–H groups in total. The summed E-state index contributed by atoms with van der Waals surface area (Å²) >= 11 is 0. The summed E-state index contributed by atoms with van der Waals surface area (Å²) in [6.07, 6.45) is 0. The maximum absolute atomic E-state index is 5.53. The molecule has 1 aliphatic heterocycles. The number of nitrogens with one attached hydrogen (secondary N) is 1. The van der Waals surface area contributed by atoms with E-state index in [4.69, 9.17) is 9.47 Å². The van der Waals surface area contributed by atoms with Gasteiger partial charge in [-0.15, -0.1) is 10.2 Å². The smallest absolute Gasteiger partial charge is 0.208 e. The summed E-state index contributed by atoms with van der Waals surface area (Å²) in [6, 6.07) is 5.61. The molecule has 0 atom stereocenters. The van der Waals surface area contributed by atoms with Crippen LogP contribution < -0.4 is 9.47 Å². The lowest BCUT2D eigenvalue weighted by molar-refractivity contribution is 0.172. The Labute approximate surface area is 85.2 Å². The molecule has 2 aromatic rings. The van der Waals surface area contributed by atoms with Gasteiger partial charge in [0.2, 0.25) is 5.82 Å². The van der Waals surface area contributed by atoms with Crippen LogP contribution in [0.1, 0.15) is 0 Å². The molecule has 6 nitrogen and oxygen atoms in total. The van der Waals surface area contributed by atoms with E-state index < -0.39 is 0 Å². The Balaban J connectivity index is 2.15. The second kappa shape index (κ2) is 3.23. The number of hydrogen-bond acceptors (Lipinski definition) is 5. The van der Waals surface area contributed by atoms with Gasteiger partial charge in [0.1, 0.15) is 13.2 Å². The van der Waals surface area contributed by atoms with Gasteiger partial charge in [0, 0.05) is 0 Å². The Kier molecular flexibility index (Phi) is 1.77. The zero-order chi connectivity index (χ0) is 10.1. The fourth-order valence-corrected chi connectivity index (χ4v) is 1.53. The number of aromatic amines is 1. The third-order valence-corrected chi connectivity index (χ3v) is 2.15. The van der Waals surface area contributed by atoms with Crippen molar-refractivity contribution in [2.24, 2.45) is 0 Å². The van der Waals surface area contributed by atoms with Crippen molar-refractivity contribution < 1.29 is 9.47 Å². The molecule has 76 valence electrons. The second-order valence-corrected chi connectivity index (χ2v) is 3.07. The number of H-pyrrole nitrogens is 1. The van der Waals surface area contributed by atoms with Crippen LogP contribution in [0.2, 0.25) is 0 Å². The molecule has 6 heteroatoms. The third kappa shape index (κ3) is 1.30. The van der Waals surface area contributed by atoms with Crippen LogP contribution in [0, 0.1) is 0 Å². The minimum atomic E-state index is 0.511. The van der Waals surface area contributed by atoms with Crippen molar-refractivity contribution >= 4 is 0 Å². The second-order valence-electron chi connectivity index (χ2n) is 3.07. The van der Waals surface area contributed by atoms with Crippen molar-refractivity contribution in [1.82, 2.24) is 20.6 Å². The summed E-state index contributed by atoms with van der Waals surface area (Å²) in [5.41, 5.74) is 0.793. The number of aromatic nitrogens is 4. The van der Waals surface area contributed by atoms with E-state index in [0.29, 0.717) is 24.8 Å². The van der Waals surface area contributed by atoms with E-state index in [1.54, 1.807) is 0 Å². The lowest BCUT2D eigenvalue weighted by Gasteiger charge is -2.19. The number of benzene rings is 1. The minimum absolute atomic E-state index is 0.511. The van der Waals surface area contributed by atoms with Gasteiger partial charge in [-0.3, -0.25) is 0 Å². The molecule has 0 bridgehead atoms. The van der Waals surface area contributed by atoms with Gasteiger partial charge in [0.05, 0.1) is 5.56 Å². The molecule has 0 fully saturated rings.